The van der Waals surface area contributed by atoms with Crippen molar-refractivity contribution in [3.8, 4) is 5.69 Å². The second-order valence-electron chi connectivity index (χ2n) is 5.50. The van der Waals surface area contributed by atoms with Crippen LogP contribution >= 0.6 is 0 Å². The highest BCUT2D eigenvalue weighted by atomic mass is 16.5. The number of anilines is 1. The Kier molecular flexibility index (Phi) is 3.73. The van der Waals surface area contributed by atoms with Crippen LogP contribution in [-0.2, 0) is 4.74 Å². The van der Waals surface area contributed by atoms with Crippen LogP contribution in [0, 0.1) is 5.92 Å². The normalized spacial score (nSPS) is 20.7. The molecule has 2 aromatic heterocycles. The Bertz CT molecular complexity index is 740. The van der Waals surface area contributed by atoms with Crippen molar-refractivity contribution in [2.24, 2.45) is 5.92 Å². The van der Waals surface area contributed by atoms with E-state index in [1.165, 1.54) is 0 Å². The quantitative estimate of drug-likeness (QED) is 0.743. The van der Waals surface area contributed by atoms with Gasteiger partial charge in [0, 0.05) is 30.8 Å². The summed E-state index contributed by atoms with van der Waals surface area (Å²) in [4.78, 5) is 0. The topological polar surface area (TPSA) is 93.5 Å². The molecule has 118 valence electrons. The van der Waals surface area contributed by atoms with Gasteiger partial charge in [-0.25, -0.2) is 0 Å². The molecule has 3 heterocycles. The molecule has 23 heavy (non-hydrogen) atoms. The van der Waals surface area contributed by atoms with Gasteiger partial charge in [0.15, 0.2) is 0 Å². The average Bonchev–Trinajstić information content (AvgIpc) is 3.33. The van der Waals surface area contributed by atoms with Crippen LogP contribution in [0.1, 0.15) is 18.1 Å². The second kappa shape index (κ2) is 6.17. The maximum atomic E-state index is 5.84. The van der Waals surface area contributed by atoms with Crippen molar-refractivity contribution in [3.05, 3.63) is 48.3 Å². The molecule has 3 aromatic rings. The number of para-hydroxylation sites is 1. The van der Waals surface area contributed by atoms with Gasteiger partial charge in [-0.15, -0.1) is 0 Å². The van der Waals surface area contributed by atoms with Crippen LogP contribution in [0.2, 0.25) is 0 Å². The molecule has 8 heteroatoms. The minimum atomic E-state index is 0.0577. The molecule has 2 N–H and O–H groups in total. The number of hydrogen-bond acceptors (Lipinski definition) is 6. The summed E-state index contributed by atoms with van der Waals surface area (Å²) >= 11 is 0. The molecule has 4 rings (SSSR count). The van der Waals surface area contributed by atoms with Gasteiger partial charge >= 0.3 is 0 Å². The third-order valence-corrected chi connectivity index (χ3v) is 4.05. The van der Waals surface area contributed by atoms with Crippen LogP contribution in [-0.4, -0.2) is 43.6 Å². The summed E-state index contributed by atoms with van der Waals surface area (Å²) in [6, 6.07) is 9.82. The van der Waals surface area contributed by atoms with E-state index in [-0.39, 0.29) is 6.10 Å². The molecule has 8 nitrogen and oxygen atoms in total. The van der Waals surface area contributed by atoms with E-state index in [1.807, 2.05) is 42.7 Å². The van der Waals surface area contributed by atoms with E-state index in [1.54, 1.807) is 4.68 Å². The first-order chi connectivity index (χ1) is 11.4. The Morgan fingerprint density at radius 3 is 3.04 bits per heavy atom. The lowest BCUT2D eigenvalue weighted by atomic mass is 9.97. The molecule has 0 bridgehead atoms. The monoisotopic (exact) mass is 311 g/mol. The van der Waals surface area contributed by atoms with Crippen molar-refractivity contribution in [3.63, 3.8) is 0 Å². The van der Waals surface area contributed by atoms with Crippen molar-refractivity contribution >= 4 is 5.95 Å². The molecule has 0 amide bonds. The molecule has 1 aromatic carbocycles. The zero-order chi connectivity index (χ0) is 15.5. The molecule has 0 aliphatic carbocycles. The number of rotatable bonds is 5. The number of tetrazole rings is 1. The highest BCUT2D eigenvalue weighted by Crippen LogP contribution is 2.34. The van der Waals surface area contributed by atoms with E-state index in [9.17, 15) is 0 Å². The molecule has 1 aliphatic rings. The van der Waals surface area contributed by atoms with Gasteiger partial charge < -0.3 is 10.1 Å². The maximum absolute atomic E-state index is 5.84. The Hall–Kier alpha value is -2.74. The predicted molar refractivity (Wildman–Crippen MR) is 83.0 cm³/mol. The Labute approximate surface area is 132 Å². The van der Waals surface area contributed by atoms with Gasteiger partial charge in [-0.2, -0.15) is 9.78 Å². The number of aromatic nitrogens is 6. The third-order valence-electron chi connectivity index (χ3n) is 4.05. The zero-order valence-corrected chi connectivity index (χ0v) is 12.5. The van der Waals surface area contributed by atoms with Crippen molar-refractivity contribution in [2.45, 2.75) is 12.5 Å². The number of hydrogen-bond donors (Lipinski definition) is 2. The number of ether oxygens (including phenoxy) is 1. The van der Waals surface area contributed by atoms with Crippen molar-refractivity contribution < 1.29 is 4.74 Å². The largest absolute Gasteiger partial charge is 0.373 e. The standard InChI is InChI=1S/C15H17N7O/c1-2-4-13(5-3-1)22-15(19-20-21-22)16-8-11-6-7-23-14(11)12-9-17-18-10-12/h1-5,9-11,14H,6-8H2,(H,17,18)(H,16,19,21)/t11-,14+/m1/s1. The summed E-state index contributed by atoms with van der Waals surface area (Å²) in [6.07, 6.45) is 4.76. The van der Waals surface area contributed by atoms with E-state index in [2.05, 4.69) is 31.0 Å². The van der Waals surface area contributed by atoms with Gasteiger partial charge in [0.1, 0.15) is 0 Å². The SMILES string of the molecule is c1ccc(-n2nnnc2NC[C@H]2CCO[C@@H]2c2cn[nH]c2)cc1. The van der Waals surface area contributed by atoms with Crippen molar-refractivity contribution in [1.82, 2.24) is 30.4 Å². The molecule has 1 fully saturated rings. The van der Waals surface area contributed by atoms with Gasteiger partial charge in [0.2, 0.25) is 5.95 Å². The van der Waals surface area contributed by atoms with Gasteiger partial charge in [-0.3, -0.25) is 5.10 Å². The molecular formula is C15H17N7O. The smallest absolute Gasteiger partial charge is 0.247 e. The number of nitrogens with zero attached hydrogens (tertiary/aromatic N) is 5. The number of aromatic amines is 1. The molecule has 0 unspecified atom stereocenters. The van der Waals surface area contributed by atoms with Crippen molar-refractivity contribution in [2.75, 3.05) is 18.5 Å². The van der Waals surface area contributed by atoms with E-state index >= 15 is 0 Å². The second-order valence-corrected chi connectivity index (χ2v) is 5.50. The third kappa shape index (κ3) is 2.80. The summed E-state index contributed by atoms with van der Waals surface area (Å²) in [5.74, 6) is 0.988. The van der Waals surface area contributed by atoms with Gasteiger partial charge in [0.05, 0.1) is 18.0 Å². The van der Waals surface area contributed by atoms with Crippen LogP contribution in [0.4, 0.5) is 5.95 Å². The first-order valence-corrected chi connectivity index (χ1v) is 7.60. The average molecular weight is 311 g/mol. The molecule has 2 atom stereocenters. The zero-order valence-electron chi connectivity index (χ0n) is 12.5. The molecule has 0 radical (unpaired) electrons. The van der Waals surface area contributed by atoms with Gasteiger partial charge in [-0.1, -0.05) is 23.3 Å². The molecular weight excluding hydrogens is 294 g/mol. The molecule has 1 saturated heterocycles. The minimum absolute atomic E-state index is 0.0577. The van der Waals surface area contributed by atoms with Crippen LogP contribution in [0.5, 0.6) is 0 Å². The lowest BCUT2D eigenvalue weighted by Gasteiger charge is -2.17. The molecule has 0 spiro atoms. The maximum Gasteiger partial charge on any atom is 0.247 e. The van der Waals surface area contributed by atoms with Gasteiger partial charge in [0.25, 0.3) is 0 Å². The first-order valence-electron chi connectivity index (χ1n) is 7.60. The van der Waals surface area contributed by atoms with E-state index in [4.69, 9.17) is 4.74 Å². The van der Waals surface area contributed by atoms with Crippen LogP contribution in [0.3, 0.4) is 0 Å². The summed E-state index contributed by atoms with van der Waals surface area (Å²) in [5.41, 5.74) is 2.01. The van der Waals surface area contributed by atoms with Crippen LogP contribution in [0.25, 0.3) is 5.69 Å². The lowest BCUT2D eigenvalue weighted by molar-refractivity contribution is 0.0933. The first kappa shape index (κ1) is 13.9. The Balaban J connectivity index is 1.47. The lowest BCUT2D eigenvalue weighted by Crippen LogP contribution is -2.19. The summed E-state index contributed by atoms with van der Waals surface area (Å²) < 4.78 is 7.53. The highest BCUT2D eigenvalue weighted by molar-refractivity contribution is 5.38. The van der Waals surface area contributed by atoms with Crippen molar-refractivity contribution in [1.29, 1.82) is 0 Å². The fourth-order valence-electron chi connectivity index (χ4n) is 2.89. The Morgan fingerprint density at radius 1 is 1.30 bits per heavy atom. The van der Waals surface area contributed by atoms with Crippen LogP contribution in [0.15, 0.2) is 42.7 Å². The van der Waals surface area contributed by atoms with E-state index in [0.29, 0.717) is 11.9 Å². The highest BCUT2D eigenvalue weighted by Gasteiger charge is 2.30. The summed E-state index contributed by atoms with van der Waals surface area (Å²) in [7, 11) is 0. The van der Waals surface area contributed by atoms with E-state index < -0.39 is 0 Å². The van der Waals surface area contributed by atoms with Gasteiger partial charge in [-0.05, 0) is 29.0 Å². The van der Waals surface area contributed by atoms with Crippen LogP contribution < -0.4 is 5.32 Å². The summed E-state index contributed by atoms with van der Waals surface area (Å²) in [5, 5.41) is 22.1. The molecule has 1 aliphatic heterocycles. The summed E-state index contributed by atoms with van der Waals surface area (Å²) in [6.45, 7) is 1.49. The fourth-order valence-corrected chi connectivity index (χ4v) is 2.89. The fraction of sp³-hybridized carbons (Fsp3) is 0.333. The predicted octanol–water partition coefficient (Wildman–Crippen LogP) is 1.58. The number of benzene rings is 1. The number of nitrogens with one attached hydrogen (secondary N) is 2. The number of H-pyrrole nitrogens is 1. The minimum Gasteiger partial charge on any atom is -0.373 e. The van der Waals surface area contributed by atoms with E-state index in [0.717, 1.165) is 30.8 Å². The molecule has 0 saturated carbocycles. The Morgan fingerprint density at radius 2 is 2.22 bits per heavy atom.